The number of piperazine rings is 1. The van der Waals surface area contributed by atoms with Crippen molar-refractivity contribution >= 4 is 5.91 Å². The molecule has 1 amide bonds. The van der Waals surface area contributed by atoms with E-state index in [1.54, 1.807) is 18.2 Å². The van der Waals surface area contributed by atoms with Crippen molar-refractivity contribution in [2.45, 2.75) is 12.8 Å². The summed E-state index contributed by atoms with van der Waals surface area (Å²) in [5.41, 5.74) is 6.05. The van der Waals surface area contributed by atoms with Crippen molar-refractivity contribution in [1.82, 2.24) is 9.80 Å². The SMILES string of the molecule is NCCCCN1CCN(C(=O)c2cccc(O)c2)CC1. The molecule has 20 heavy (non-hydrogen) atoms. The maximum atomic E-state index is 12.3. The van der Waals surface area contributed by atoms with E-state index in [0.717, 1.165) is 52.1 Å². The Balaban J connectivity index is 1.83. The third kappa shape index (κ3) is 3.95. The first-order chi connectivity index (χ1) is 9.70. The average molecular weight is 277 g/mol. The Morgan fingerprint density at radius 2 is 1.95 bits per heavy atom. The van der Waals surface area contributed by atoms with E-state index in [2.05, 4.69) is 4.90 Å². The first-order valence-electron chi connectivity index (χ1n) is 7.21. The predicted octanol–water partition coefficient (Wildman–Crippen LogP) is 0.889. The molecule has 110 valence electrons. The summed E-state index contributed by atoms with van der Waals surface area (Å²) in [5, 5.41) is 9.43. The van der Waals surface area contributed by atoms with Gasteiger partial charge in [0.1, 0.15) is 5.75 Å². The van der Waals surface area contributed by atoms with Crippen LogP contribution < -0.4 is 5.73 Å². The van der Waals surface area contributed by atoms with Crippen molar-refractivity contribution in [3.8, 4) is 5.75 Å². The van der Waals surface area contributed by atoms with Gasteiger partial charge in [0, 0.05) is 31.7 Å². The third-order valence-electron chi connectivity index (χ3n) is 3.68. The van der Waals surface area contributed by atoms with Crippen molar-refractivity contribution < 1.29 is 9.90 Å². The molecule has 0 aliphatic carbocycles. The van der Waals surface area contributed by atoms with Crippen LogP contribution in [0.4, 0.5) is 0 Å². The van der Waals surface area contributed by atoms with Crippen molar-refractivity contribution in [1.29, 1.82) is 0 Å². The van der Waals surface area contributed by atoms with Crippen LogP contribution in [0, 0.1) is 0 Å². The lowest BCUT2D eigenvalue weighted by Crippen LogP contribution is -2.48. The molecule has 0 bridgehead atoms. The van der Waals surface area contributed by atoms with Crippen LogP contribution in [0.3, 0.4) is 0 Å². The normalized spacial score (nSPS) is 16.4. The number of carbonyl (C=O) groups is 1. The van der Waals surface area contributed by atoms with Gasteiger partial charge in [-0.25, -0.2) is 0 Å². The summed E-state index contributed by atoms with van der Waals surface area (Å²) >= 11 is 0. The molecule has 0 aromatic heterocycles. The van der Waals surface area contributed by atoms with Crippen molar-refractivity contribution in [3.63, 3.8) is 0 Å². The molecule has 1 aromatic rings. The zero-order chi connectivity index (χ0) is 14.4. The largest absolute Gasteiger partial charge is 0.508 e. The van der Waals surface area contributed by atoms with Crippen LogP contribution in [0.1, 0.15) is 23.2 Å². The Hall–Kier alpha value is -1.59. The van der Waals surface area contributed by atoms with Gasteiger partial charge >= 0.3 is 0 Å². The summed E-state index contributed by atoms with van der Waals surface area (Å²) in [7, 11) is 0. The smallest absolute Gasteiger partial charge is 0.254 e. The Morgan fingerprint density at radius 3 is 2.60 bits per heavy atom. The minimum atomic E-state index is 0.00232. The van der Waals surface area contributed by atoms with Gasteiger partial charge in [-0.1, -0.05) is 6.07 Å². The van der Waals surface area contributed by atoms with E-state index in [1.807, 2.05) is 4.90 Å². The highest BCUT2D eigenvalue weighted by Crippen LogP contribution is 2.14. The summed E-state index contributed by atoms with van der Waals surface area (Å²) in [6.45, 7) is 5.12. The van der Waals surface area contributed by atoms with Gasteiger partial charge in [0.25, 0.3) is 5.91 Å². The Kier molecular flexibility index (Phi) is 5.38. The number of aromatic hydroxyl groups is 1. The molecule has 0 radical (unpaired) electrons. The van der Waals surface area contributed by atoms with Gasteiger partial charge in [-0.15, -0.1) is 0 Å². The lowest BCUT2D eigenvalue weighted by Gasteiger charge is -2.34. The van der Waals surface area contributed by atoms with Crippen LogP contribution in [0.15, 0.2) is 24.3 Å². The molecule has 1 aromatic carbocycles. The van der Waals surface area contributed by atoms with Gasteiger partial charge in [-0.05, 0) is 44.1 Å². The first kappa shape index (κ1) is 14.8. The van der Waals surface area contributed by atoms with Crippen LogP contribution in [0.2, 0.25) is 0 Å². The van der Waals surface area contributed by atoms with E-state index < -0.39 is 0 Å². The van der Waals surface area contributed by atoms with E-state index in [4.69, 9.17) is 5.73 Å². The second kappa shape index (κ2) is 7.26. The fourth-order valence-electron chi connectivity index (χ4n) is 2.48. The molecule has 3 N–H and O–H groups in total. The van der Waals surface area contributed by atoms with Crippen molar-refractivity contribution in [2.75, 3.05) is 39.3 Å². The van der Waals surface area contributed by atoms with Gasteiger partial charge in [0.2, 0.25) is 0 Å². The van der Waals surface area contributed by atoms with E-state index in [9.17, 15) is 9.90 Å². The van der Waals surface area contributed by atoms with Gasteiger partial charge < -0.3 is 15.7 Å². The minimum Gasteiger partial charge on any atom is -0.508 e. The second-order valence-corrected chi connectivity index (χ2v) is 5.18. The number of phenolic OH excluding ortho intramolecular Hbond substituents is 1. The number of unbranched alkanes of at least 4 members (excludes halogenated alkanes) is 1. The Morgan fingerprint density at radius 1 is 1.20 bits per heavy atom. The van der Waals surface area contributed by atoms with E-state index in [1.165, 1.54) is 6.07 Å². The van der Waals surface area contributed by atoms with Crippen molar-refractivity contribution in [2.24, 2.45) is 5.73 Å². The molecule has 2 rings (SSSR count). The molecule has 1 heterocycles. The quantitative estimate of drug-likeness (QED) is 0.784. The third-order valence-corrected chi connectivity index (χ3v) is 3.68. The summed E-state index contributed by atoms with van der Waals surface area (Å²) in [6.07, 6.45) is 2.18. The number of hydrogen-bond donors (Lipinski definition) is 2. The number of benzene rings is 1. The molecule has 0 atom stereocenters. The zero-order valence-electron chi connectivity index (χ0n) is 11.8. The highest BCUT2D eigenvalue weighted by Gasteiger charge is 2.21. The predicted molar refractivity (Wildman–Crippen MR) is 78.7 cm³/mol. The van der Waals surface area contributed by atoms with Crippen LogP contribution in [-0.4, -0.2) is 60.1 Å². The summed E-state index contributed by atoms with van der Waals surface area (Å²) in [4.78, 5) is 16.5. The highest BCUT2D eigenvalue weighted by molar-refractivity contribution is 5.94. The molecule has 1 aliphatic heterocycles. The van der Waals surface area contributed by atoms with Gasteiger partial charge in [0.05, 0.1) is 0 Å². The van der Waals surface area contributed by atoms with Crippen LogP contribution in [-0.2, 0) is 0 Å². The highest BCUT2D eigenvalue weighted by atomic mass is 16.3. The molecule has 5 nitrogen and oxygen atoms in total. The topological polar surface area (TPSA) is 69.8 Å². The lowest BCUT2D eigenvalue weighted by atomic mass is 10.1. The van der Waals surface area contributed by atoms with Crippen LogP contribution >= 0.6 is 0 Å². The minimum absolute atomic E-state index is 0.00232. The molecular weight excluding hydrogens is 254 g/mol. The monoisotopic (exact) mass is 277 g/mol. The maximum Gasteiger partial charge on any atom is 0.254 e. The Bertz CT molecular complexity index is 442. The lowest BCUT2D eigenvalue weighted by molar-refractivity contribution is 0.0635. The molecular formula is C15H23N3O2. The van der Waals surface area contributed by atoms with Crippen LogP contribution in [0.5, 0.6) is 5.75 Å². The number of phenols is 1. The summed E-state index contributed by atoms with van der Waals surface area (Å²) in [6, 6.07) is 6.55. The van der Waals surface area contributed by atoms with E-state index in [-0.39, 0.29) is 11.7 Å². The molecule has 0 unspecified atom stereocenters. The molecule has 1 aliphatic rings. The van der Waals surface area contributed by atoms with E-state index >= 15 is 0 Å². The number of amides is 1. The number of carbonyl (C=O) groups excluding carboxylic acids is 1. The summed E-state index contributed by atoms with van der Waals surface area (Å²) < 4.78 is 0. The van der Waals surface area contributed by atoms with Crippen molar-refractivity contribution in [3.05, 3.63) is 29.8 Å². The van der Waals surface area contributed by atoms with Gasteiger partial charge in [-0.3, -0.25) is 9.69 Å². The van der Waals surface area contributed by atoms with Crippen LogP contribution in [0.25, 0.3) is 0 Å². The molecule has 0 saturated carbocycles. The van der Waals surface area contributed by atoms with E-state index in [0.29, 0.717) is 5.56 Å². The number of hydrogen-bond acceptors (Lipinski definition) is 4. The van der Waals surface area contributed by atoms with Gasteiger partial charge in [-0.2, -0.15) is 0 Å². The molecule has 1 fully saturated rings. The first-order valence-corrected chi connectivity index (χ1v) is 7.21. The fourth-order valence-corrected chi connectivity index (χ4v) is 2.48. The van der Waals surface area contributed by atoms with Gasteiger partial charge in [0.15, 0.2) is 0 Å². The second-order valence-electron chi connectivity index (χ2n) is 5.18. The summed E-state index contributed by atoms with van der Waals surface area (Å²) in [5.74, 6) is 0.138. The molecule has 1 saturated heterocycles. The molecule has 0 spiro atoms. The maximum absolute atomic E-state index is 12.3. The standard InChI is InChI=1S/C15H23N3O2/c16-6-1-2-7-17-8-10-18(11-9-17)15(20)13-4-3-5-14(19)12-13/h3-5,12,19H,1-2,6-11,16H2. The average Bonchev–Trinajstić information content (AvgIpc) is 2.47. The fraction of sp³-hybridized carbons (Fsp3) is 0.533. The number of rotatable bonds is 5. The Labute approximate surface area is 120 Å². The number of nitrogens with two attached hydrogens (primary N) is 1. The zero-order valence-corrected chi connectivity index (χ0v) is 11.8. The number of nitrogens with zero attached hydrogens (tertiary/aromatic N) is 2. The molecule has 5 heteroatoms.